The van der Waals surface area contributed by atoms with Gasteiger partial charge in [0.05, 0.1) is 0 Å². The van der Waals surface area contributed by atoms with Crippen molar-refractivity contribution in [3.05, 3.63) is 65.4 Å². The number of amides is 2. The van der Waals surface area contributed by atoms with Crippen molar-refractivity contribution in [3.63, 3.8) is 0 Å². The fraction of sp³-hybridized carbons (Fsp3) is 0.0556. The number of benzene rings is 2. The Hall–Kier alpha value is -3.75. The van der Waals surface area contributed by atoms with Gasteiger partial charge in [-0.3, -0.25) is 4.79 Å². The standard InChI is InChI=1S/C18H13F2N3O4/c19-11-2-1-3-12(20)13(11)17-23-14(16(21)24)15(27-17)10-6-4-9(5-7-10)8-22-18(25)26/h1-7,22H,8H2,(H2,21,24)(H,25,26). The van der Waals surface area contributed by atoms with Crippen molar-refractivity contribution in [2.24, 2.45) is 5.73 Å². The number of nitrogens with two attached hydrogens (primary N) is 1. The molecule has 0 saturated heterocycles. The number of carboxylic acid groups (broad SMARTS) is 1. The second kappa shape index (κ2) is 7.24. The Morgan fingerprint density at radius 1 is 1.11 bits per heavy atom. The maximum atomic E-state index is 14.0. The molecule has 0 aliphatic carbocycles. The van der Waals surface area contributed by atoms with E-state index in [4.69, 9.17) is 15.3 Å². The number of rotatable bonds is 5. The van der Waals surface area contributed by atoms with Gasteiger partial charge in [0.15, 0.2) is 11.5 Å². The second-order valence-corrected chi connectivity index (χ2v) is 5.51. The van der Waals surface area contributed by atoms with Gasteiger partial charge in [-0.05, 0) is 17.7 Å². The number of nitrogens with zero attached hydrogens (tertiary/aromatic N) is 1. The number of primary amides is 1. The van der Waals surface area contributed by atoms with Crippen LogP contribution in [0.4, 0.5) is 13.6 Å². The SMILES string of the molecule is NC(=O)c1nc(-c2c(F)cccc2F)oc1-c1ccc(CNC(=O)O)cc1. The lowest BCUT2D eigenvalue weighted by Crippen LogP contribution is -2.19. The summed E-state index contributed by atoms with van der Waals surface area (Å²) >= 11 is 0. The Balaban J connectivity index is 2.02. The van der Waals surface area contributed by atoms with Crippen LogP contribution in [0.15, 0.2) is 46.9 Å². The van der Waals surface area contributed by atoms with E-state index < -0.39 is 35.1 Å². The summed E-state index contributed by atoms with van der Waals surface area (Å²) in [5.74, 6) is -3.17. The number of carbonyl (C=O) groups is 2. The van der Waals surface area contributed by atoms with Gasteiger partial charge < -0.3 is 20.6 Å². The largest absolute Gasteiger partial charge is 0.465 e. The van der Waals surface area contributed by atoms with Crippen molar-refractivity contribution in [2.75, 3.05) is 0 Å². The summed E-state index contributed by atoms with van der Waals surface area (Å²) in [5, 5.41) is 10.8. The summed E-state index contributed by atoms with van der Waals surface area (Å²) < 4.78 is 33.4. The minimum absolute atomic E-state index is 0.0436. The highest BCUT2D eigenvalue weighted by Crippen LogP contribution is 2.32. The Bertz CT molecular complexity index is 996. The zero-order valence-electron chi connectivity index (χ0n) is 13.7. The van der Waals surface area contributed by atoms with Gasteiger partial charge in [0.2, 0.25) is 5.89 Å². The molecule has 0 atom stereocenters. The van der Waals surface area contributed by atoms with E-state index in [0.29, 0.717) is 11.1 Å². The molecule has 9 heteroatoms. The molecule has 0 saturated carbocycles. The third-order valence-electron chi connectivity index (χ3n) is 3.70. The van der Waals surface area contributed by atoms with Crippen molar-refractivity contribution >= 4 is 12.0 Å². The fourth-order valence-corrected chi connectivity index (χ4v) is 2.44. The van der Waals surface area contributed by atoms with E-state index in [-0.39, 0.29) is 18.0 Å². The molecule has 0 bridgehead atoms. The van der Waals surface area contributed by atoms with E-state index in [1.54, 1.807) is 24.3 Å². The predicted octanol–water partition coefficient (Wildman–Crippen LogP) is 3.15. The molecule has 0 spiro atoms. The monoisotopic (exact) mass is 373 g/mol. The lowest BCUT2D eigenvalue weighted by Gasteiger charge is -2.03. The predicted molar refractivity (Wildman–Crippen MR) is 90.7 cm³/mol. The summed E-state index contributed by atoms with van der Waals surface area (Å²) in [5.41, 5.74) is 5.57. The zero-order chi connectivity index (χ0) is 19.6. The molecule has 4 N–H and O–H groups in total. The normalized spacial score (nSPS) is 10.6. The fourth-order valence-electron chi connectivity index (χ4n) is 2.44. The molecular weight excluding hydrogens is 360 g/mol. The molecule has 0 aliphatic heterocycles. The van der Waals surface area contributed by atoms with Crippen LogP contribution in [0.25, 0.3) is 22.8 Å². The molecule has 1 aromatic heterocycles. The van der Waals surface area contributed by atoms with Crippen LogP contribution in [0.5, 0.6) is 0 Å². The average molecular weight is 373 g/mol. The Labute approximate surface area is 151 Å². The molecule has 1 heterocycles. The van der Waals surface area contributed by atoms with Crippen LogP contribution in [0, 0.1) is 11.6 Å². The lowest BCUT2D eigenvalue weighted by molar-refractivity contribution is 0.0996. The number of carbonyl (C=O) groups excluding carboxylic acids is 1. The quantitative estimate of drug-likeness (QED) is 0.635. The maximum Gasteiger partial charge on any atom is 0.404 e. The van der Waals surface area contributed by atoms with Gasteiger partial charge in [0.25, 0.3) is 5.91 Å². The van der Waals surface area contributed by atoms with E-state index in [1.807, 2.05) is 0 Å². The molecule has 0 fully saturated rings. The molecule has 7 nitrogen and oxygen atoms in total. The highest BCUT2D eigenvalue weighted by molar-refractivity contribution is 5.97. The van der Waals surface area contributed by atoms with E-state index in [0.717, 1.165) is 12.1 Å². The molecule has 0 unspecified atom stereocenters. The summed E-state index contributed by atoms with van der Waals surface area (Å²) in [7, 11) is 0. The smallest absolute Gasteiger partial charge is 0.404 e. The van der Waals surface area contributed by atoms with Crippen LogP contribution in [-0.2, 0) is 6.54 Å². The first-order chi connectivity index (χ1) is 12.9. The van der Waals surface area contributed by atoms with Gasteiger partial charge in [-0.2, -0.15) is 0 Å². The van der Waals surface area contributed by atoms with Gasteiger partial charge in [-0.25, -0.2) is 18.6 Å². The third kappa shape index (κ3) is 3.76. The lowest BCUT2D eigenvalue weighted by atomic mass is 10.1. The van der Waals surface area contributed by atoms with Gasteiger partial charge >= 0.3 is 6.09 Å². The zero-order valence-corrected chi connectivity index (χ0v) is 13.7. The summed E-state index contributed by atoms with van der Waals surface area (Å²) in [6.45, 7) is 0.0837. The van der Waals surface area contributed by atoms with Gasteiger partial charge in [-0.1, -0.05) is 30.3 Å². The molecule has 0 radical (unpaired) electrons. The van der Waals surface area contributed by atoms with Gasteiger partial charge in [0, 0.05) is 12.1 Å². The summed E-state index contributed by atoms with van der Waals surface area (Å²) in [6, 6.07) is 9.56. The maximum absolute atomic E-state index is 14.0. The average Bonchev–Trinajstić information content (AvgIpc) is 3.05. The van der Waals surface area contributed by atoms with Crippen LogP contribution < -0.4 is 11.1 Å². The minimum atomic E-state index is -1.16. The number of oxazole rings is 1. The van der Waals surface area contributed by atoms with Crippen LogP contribution in [-0.4, -0.2) is 22.1 Å². The number of hydrogen-bond donors (Lipinski definition) is 3. The molecule has 27 heavy (non-hydrogen) atoms. The number of nitrogens with one attached hydrogen (secondary N) is 1. The molecule has 138 valence electrons. The van der Waals surface area contributed by atoms with Crippen molar-refractivity contribution in [1.29, 1.82) is 0 Å². The topological polar surface area (TPSA) is 118 Å². The first-order valence-electron chi connectivity index (χ1n) is 7.68. The van der Waals surface area contributed by atoms with Gasteiger partial charge in [0.1, 0.15) is 17.2 Å². The van der Waals surface area contributed by atoms with Crippen molar-refractivity contribution in [1.82, 2.24) is 10.3 Å². The molecule has 2 aromatic carbocycles. The summed E-state index contributed by atoms with van der Waals surface area (Å²) in [6.07, 6.45) is -1.16. The second-order valence-electron chi connectivity index (χ2n) is 5.51. The molecule has 3 rings (SSSR count). The van der Waals surface area contributed by atoms with Crippen LogP contribution in [0.1, 0.15) is 16.1 Å². The van der Waals surface area contributed by atoms with Crippen LogP contribution in [0.2, 0.25) is 0 Å². The highest BCUT2D eigenvalue weighted by Gasteiger charge is 2.24. The van der Waals surface area contributed by atoms with Crippen molar-refractivity contribution in [3.8, 4) is 22.8 Å². The van der Waals surface area contributed by atoms with Crippen molar-refractivity contribution < 1.29 is 27.9 Å². The highest BCUT2D eigenvalue weighted by atomic mass is 19.1. The molecule has 2 amide bonds. The van der Waals surface area contributed by atoms with Crippen LogP contribution in [0.3, 0.4) is 0 Å². The first kappa shape index (κ1) is 18.1. The number of halogens is 2. The third-order valence-corrected chi connectivity index (χ3v) is 3.70. The molecule has 0 aliphatic rings. The van der Waals surface area contributed by atoms with E-state index >= 15 is 0 Å². The van der Waals surface area contributed by atoms with E-state index in [9.17, 15) is 18.4 Å². The molecule has 3 aromatic rings. The summed E-state index contributed by atoms with van der Waals surface area (Å²) in [4.78, 5) is 26.1. The Morgan fingerprint density at radius 3 is 2.30 bits per heavy atom. The Morgan fingerprint density at radius 2 is 1.74 bits per heavy atom. The van der Waals surface area contributed by atoms with E-state index in [2.05, 4.69) is 10.3 Å². The van der Waals surface area contributed by atoms with Crippen LogP contribution >= 0.6 is 0 Å². The first-order valence-corrected chi connectivity index (χ1v) is 7.68. The minimum Gasteiger partial charge on any atom is -0.465 e. The number of aromatic nitrogens is 1. The molecular formula is C18H13F2N3O4. The van der Waals surface area contributed by atoms with Crippen molar-refractivity contribution in [2.45, 2.75) is 6.54 Å². The van der Waals surface area contributed by atoms with E-state index in [1.165, 1.54) is 6.07 Å². The number of hydrogen-bond acceptors (Lipinski definition) is 4. The van der Waals surface area contributed by atoms with Gasteiger partial charge in [-0.15, -0.1) is 0 Å². The Kier molecular flexibility index (Phi) is 4.84.